The van der Waals surface area contributed by atoms with Gasteiger partial charge < -0.3 is 5.32 Å². The van der Waals surface area contributed by atoms with Crippen LogP contribution in [-0.2, 0) is 6.54 Å². The van der Waals surface area contributed by atoms with Gasteiger partial charge in [0.05, 0.1) is 0 Å². The van der Waals surface area contributed by atoms with E-state index in [0.717, 1.165) is 0 Å². The maximum absolute atomic E-state index is 13.3. The first-order valence-electron chi connectivity index (χ1n) is 5.18. The maximum Gasteiger partial charge on any atom is 0.347 e. The zero-order valence-electron chi connectivity index (χ0n) is 9.27. The summed E-state index contributed by atoms with van der Waals surface area (Å²) in [5.74, 6) is -0.103. The van der Waals surface area contributed by atoms with Crippen LogP contribution >= 0.6 is 0 Å². The van der Waals surface area contributed by atoms with Crippen LogP contribution in [-0.4, -0.2) is 9.97 Å². The fourth-order valence-electron chi connectivity index (χ4n) is 1.44. The number of H-pyrrole nitrogens is 1. The molecule has 0 saturated carbocycles. The molecule has 2 N–H and O–H groups in total. The number of aromatic nitrogens is 2. The minimum atomic E-state index is -0.620. The third kappa shape index (κ3) is 2.71. The number of rotatable bonds is 3. The Bertz CT molecular complexity index is 660. The predicted octanol–water partition coefficient (Wildman–Crippen LogP) is 1.39. The molecule has 0 spiro atoms. The molecule has 2 aromatic rings. The lowest BCUT2D eigenvalue weighted by molar-refractivity contribution is 0.613. The highest BCUT2D eigenvalue weighted by Crippen LogP contribution is 2.09. The van der Waals surface area contributed by atoms with Crippen LogP contribution in [0.3, 0.4) is 0 Å². The largest absolute Gasteiger partial charge is 0.366 e. The van der Waals surface area contributed by atoms with Crippen molar-refractivity contribution in [3.63, 3.8) is 0 Å². The zero-order valence-corrected chi connectivity index (χ0v) is 9.27. The van der Waals surface area contributed by atoms with Crippen molar-refractivity contribution in [3.05, 3.63) is 57.9 Å². The van der Waals surface area contributed by atoms with Gasteiger partial charge in [0.2, 0.25) is 0 Å². The number of nitriles is 1. The Kier molecular flexibility index (Phi) is 3.34. The minimum absolute atomic E-state index is 0.103. The summed E-state index contributed by atoms with van der Waals surface area (Å²) in [6, 6.07) is 9.48. The molecule has 1 aromatic carbocycles. The monoisotopic (exact) mass is 244 g/mol. The van der Waals surface area contributed by atoms with E-state index in [2.05, 4.69) is 15.3 Å². The van der Waals surface area contributed by atoms with Crippen molar-refractivity contribution in [1.82, 2.24) is 9.97 Å². The average molecular weight is 244 g/mol. The summed E-state index contributed by atoms with van der Waals surface area (Å²) in [4.78, 5) is 17.0. The van der Waals surface area contributed by atoms with Crippen molar-refractivity contribution < 1.29 is 4.39 Å². The number of nitrogens with zero attached hydrogens (tertiary/aromatic N) is 2. The average Bonchev–Trinajstić information content (AvgIpc) is 2.37. The molecule has 0 aliphatic carbocycles. The summed E-state index contributed by atoms with van der Waals surface area (Å²) in [7, 11) is 0. The van der Waals surface area contributed by atoms with Gasteiger partial charge in [-0.25, -0.2) is 9.18 Å². The summed E-state index contributed by atoms with van der Waals surface area (Å²) < 4.78 is 13.3. The van der Waals surface area contributed by atoms with Gasteiger partial charge in [-0.3, -0.25) is 4.98 Å². The molecule has 6 heteroatoms. The summed E-state index contributed by atoms with van der Waals surface area (Å²) in [6.07, 6.45) is 0. The minimum Gasteiger partial charge on any atom is -0.366 e. The Morgan fingerprint density at radius 2 is 2.22 bits per heavy atom. The molecule has 0 aliphatic rings. The van der Waals surface area contributed by atoms with Crippen molar-refractivity contribution in [3.8, 4) is 6.07 Å². The Morgan fingerprint density at radius 3 is 2.94 bits per heavy atom. The van der Waals surface area contributed by atoms with Gasteiger partial charge in [0.25, 0.3) is 0 Å². The van der Waals surface area contributed by atoms with Crippen LogP contribution in [0.4, 0.5) is 10.2 Å². The Morgan fingerprint density at radius 1 is 1.44 bits per heavy atom. The molecule has 90 valence electrons. The summed E-state index contributed by atoms with van der Waals surface area (Å²) in [5, 5.41) is 11.5. The van der Waals surface area contributed by atoms with E-state index in [0.29, 0.717) is 5.56 Å². The van der Waals surface area contributed by atoms with Crippen molar-refractivity contribution >= 4 is 5.82 Å². The molecule has 18 heavy (non-hydrogen) atoms. The number of hydrogen-bond acceptors (Lipinski definition) is 4. The summed E-state index contributed by atoms with van der Waals surface area (Å²) in [5.41, 5.74) is -0.0609. The Hall–Kier alpha value is -2.68. The van der Waals surface area contributed by atoms with Crippen LogP contribution in [0.1, 0.15) is 11.3 Å². The van der Waals surface area contributed by atoms with Gasteiger partial charge in [0, 0.05) is 18.2 Å². The molecular formula is C12H9FN4O. The maximum atomic E-state index is 13.3. The molecule has 0 unspecified atom stereocenters. The SMILES string of the molecule is N#Cc1cc(NCc2ccccc2F)nc(=O)[nH]1. The summed E-state index contributed by atoms with van der Waals surface area (Å²) >= 11 is 0. The highest BCUT2D eigenvalue weighted by atomic mass is 19.1. The fourth-order valence-corrected chi connectivity index (χ4v) is 1.44. The standard InChI is InChI=1S/C12H9FN4O/c13-10-4-2-1-3-8(10)7-15-11-5-9(6-14)16-12(18)17-11/h1-5H,7H2,(H2,15,16,17,18). The highest BCUT2D eigenvalue weighted by molar-refractivity contribution is 5.39. The molecule has 0 amide bonds. The Labute approximate surface area is 102 Å². The van der Waals surface area contributed by atoms with E-state index >= 15 is 0 Å². The van der Waals surface area contributed by atoms with Gasteiger partial charge in [-0.2, -0.15) is 10.2 Å². The van der Waals surface area contributed by atoms with Crippen molar-refractivity contribution in [2.75, 3.05) is 5.32 Å². The van der Waals surface area contributed by atoms with Crippen LogP contribution in [0.5, 0.6) is 0 Å². The van der Waals surface area contributed by atoms with Gasteiger partial charge in [0.15, 0.2) is 0 Å². The number of benzene rings is 1. The number of anilines is 1. The number of aromatic amines is 1. The fraction of sp³-hybridized carbons (Fsp3) is 0.0833. The van der Waals surface area contributed by atoms with E-state index in [1.165, 1.54) is 12.1 Å². The van der Waals surface area contributed by atoms with Crippen molar-refractivity contribution in [1.29, 1.82) is 5.26 Å². The first kappa shape index (κ1) is 11.8. The molecule has 0 radical (unpaired) electrons. The molecule has 0 bridgehead atoms. The van der Waals surface area contributed by atoms with Gasteiger partial charge in [0.1, 0.15) is 23.4 Å². The molecular weight excluding hydrogens is 235 g/mol. The van der Waals surface area contributed by atoms with E-state index in [1.54, 1.807) is 18.2 Å². The summed E-state index contributed by atoms with van der Waals surface area (Å²) in [6.45, 7) is 0.188. The van der Waals surface area contributed by atoms with Crippen LogP contribution in [0, 0.1) is 17.1 Å². The second kappa shape index (κ2) is 5.10. The lowest BCUT2D eigenvalue weighted by Crippen LogP contribution is -2.15. The van der Waals surface area contributed by atoms with Gasteiger partial charge in [-0.05, 0) is 6.07 Å². The van der Waals surface area contributed by atoms with Crippen LogP contribution in [0.2, 0.25) is 0 Å². The van der Waals surface area contributed by atoms with E-state index in [4.69, 9.17) is 5.26 Å². The van der Waals surface area contributed by atoms with Crippen LogP contribution in [0.25, 0.3) is 0 Å². The second-order valence-corrected chi connectivity index (χ2v) is 3.54. The quantitative estimate of drug-likeness (QED) is 0.854. The smallest absolute Gasteiger partial charge is 0.347 e. The van der Waals surface area contributed by atoms with Crippen molar-refractivity contribution in [2.45, 2.75) is 6.54 Å². The van der Waals surface area contributed by atoms with E-state index in [9.17, 15) is 9.18 Å². The molecule has 0 saturated heterocycles. The molecule has 1 heterocycles. The van der Waals surface area contributed by atoms with Crippen LogP contribution in [0.15, 0.2) is 35.1 Å². The molecule has 2 rings (SSSR count). The molecule has 0 atom stereocenters. The first-order valence-corrected chi connectivity index (χ1v) is 5.18. The zero-order chi connectivity index (χ0) is 13.0. The first-order chi connectivity index (χ1) is 8.69. The number of hydrogen-bond donors (Lipinski definition) is 2. The van der Waals surface area contributed by atoms with E-state index in [-0.39, 0.29) is 23.9 Å². The topological polar surface area (TPSA) is 81.6 Å². The Balaban J connectivity index is 2.16. The lowest BCUT2D eigenvalue weighted by Gasteiger charge is -2.06. The third-order valence-electron chi connectivity index (χ3n) is 2.28. The highest BCUT2D eigenvalue weighted by Gasteiger charge is 2.03. The van der Waals surface area contributed by atoms with Crippen LogP contribution < -0.4 is 11.0 Å². The molecule has 5 nitrogen and oxygen atoms in total. The van der Waals surface area contributed by atoms with Crippen molar-refractivity contribution in [2.24, 2.45) is 0 Å². The third-order valence-corrected chi connectivity index (χ3v) is 2.28. The van der Waals surface area contributed by atoms with E-state index in [1.807, 2.05) is 6.07 Å². The van der Waals surface area contributed by atoms with Gasteiger partial charge in [-0.15, -0.1) is 0 Å². The van der Waals surface area contributed by atoms with Gasteiger partial charge >= 0.3 is 5.69 Å². The molecule has 1 aromatic heterocycles. The number of halogens is 1. The molecule has 0 fully saturated rings. The van der Waals surface area contributed by atoms with E-state index < -0.39 is 5.69 Å². The molecule has 0 aliphatic heterocycles. The number of nitrogens with one attached hydrogen (secondary N) is 2. The predicted molar refractivity (Wildman–Crippen MR) is 63.3 cm³/mol. The van der Waals surface area contributed by atoms with Gasteiger partial charge in [-0.1, -0.05) is 18.2 Å². The second-order valence-electron chi connectivity index (χ2n) is 3.54. The lowest BCUT2D eigenvalue weighted by atomic mass is 10.2. The normalized spacial score (nSPS) is 9.78.